The molecule has 0 saturated carbocycles. The predicted octanol–water partition coefficient (Wildman–Crippen LogP) is 3.03. The van der Waals surface area contributed by atoms with E-state index in [9.17, 15) is 18.0 Å². The van der Waals surface area contributed by atoms with Crippen molar-refractivity contribution in [2.75, 3.05) is 33.0 Å². The predicted molar refractivity (Wildman–Crippen MR) is 111 cm³/mol. The van der Waals surface area contributed by atoms with Crippen molar-refractivity contribution in [3.8, 4) is 0 Å². The van der Waals surface area contributed by atoms with E-state index in [1.807, 2.05) is 18.3 Å². The standard InChI is InChI=1S/C20H29N3O3.C2HF3O2/c1-22-14-21-18-11-23(20(24)16-4-2-3-5-16)10-17(19(18)22)13-26-12-15-6-8-25-9-7-15;3-2(4,5)1(6)7/h4,14-15,17H,2-3,5-13H2,1H3;(H,6,7). The number of ether oxygens (including phenoxy) is 2. The fraction of sp³-hybridized carbons (Fsp3) is 0.682. The maximum absolute atomic E-state index is 12.9. The van der Waals surface area contributed by atoms with Crippen molar-refractivity contribution < 1.29 is 37.3 Å². The van der Waals surface area contributed by atoms with Crippen LogP contribution in [0.25, 0.3) is 0 Å². The summed E-state index contributed by atoms with van der Waals surface area (Å²) in [4.78, 5) is 28.3. The summed E-state index contributed by atoms with van der Waals surface area (Å²) in [5.74, 6) is -1.78. The molecule has 1 aliphatic carbocycles. The summed E-state index contributed by atoms with van der Waals surface area (Å²) in [6.45, 7) is 4.46. The molecule has 1 aromatic rings. The molecule has 0 aromatic carbocycles. The van der Waals surface area contributed by atoms with Gasteiger partial charge < -0.3 is 24.0 Å². The minimum Gasteiger partial charge on any atom is -0.475 e. The number of imidazole rings is 1. The lowest BCUT2D eigenvalue weighted by Gasteiger charge is -2.33. The zero-order chi connectivity index (χ0) is 24.0. The molecule has 1 N–H and O–H groups in total. The third-order valence-electron chi connectivity index (χ3n) is 6.09. The molecule has 1 unspecified atom stereocenters. The number of fused-ring (bicyclic) bond motifs is 1. The lowest BCUT2D eigenvalue weighted by atomic mass is 9.97. The number of aromatic nitrogens is 2. The molecule has 184 valence electrons. The number of halogens is 3. The van der Waals surface area contributed by atoms with Gasteiger partial charge >= 0.3 is 12.1 Å². The van der Waals surface area contributed by atoms with Crippen LogP contribution in [-0.2, 0) is 32.7 Å². The summed E-state index contributed by atoms with van der Waals surface area (Å²) in [6.07, 6.45) is 4.09. The molecule has 0 spiro atoms. The molecule has 1 aromatic heterocycles. The van der Waals surface area contributed by atoms with Gasteiger partial charge in [-0.3, -0.25) is 4.79 Å². The first-order valence-electron chi connectivity index (χ1n) is 11.1. The highest BCUT2D eigenvalue weighted by molar-refractivity contribution is 5.94. The van der Waals surface area contributed by atoms with Gasteiger partial charge in [0, 0.05) is 50.6 Å². The lowest BCUT2D eigenvalue weighted by molar-refractivity contribution is -0.192. The van der Waals surface area contributed by atoms with Crippen molar-refractivity contribution in [1.82, 2.24) is 14.5 Å². The van der Waals surface area contributed by atoms with Gasteiger partial charge in [0.15, 0.2) is 0 Å². The van der Waals surface area contributed by atoms with E-state index in [2.05, 4.69) is 15.6 Å². The highest BCUT2D eigenvalue weighted by atomic mass is 19.4. The molecule has 1 amide bonds. The fourth-order valence-electron chi connectivity index (χ4n) is 4.38. The molecule has 3 aliphatic rings. The summed E-state index contributed by atoms with van der Waals surface area (Å²) in [5, 5.41) is 7.12. The Morgan fingerprint density at radius 1 is 1.27 bits per heavy atom. The number of alkyl halides is 3. The summed E-state index contributed by atoms with van der Waals surface area (Å²) < 4.78 is 45.3. The zero-order valence-electron chi connectivity index (χ0n) is 18.6. The topological polar surface area (TPSA) is 93.9 Å². The number of carbonyl (C=O) groups excluding carboxylic acids is 1. The van der Waals surface area contributed by atoms with Crippen LogP contribution in [0.1, 0.15) is 49.4 Å². The number of carboxylic acid groups (broad SMARTS) is 1. The van der Waals surface area contributed by atoms with Gasteiger partial charge in [-0.1, -0.05) is 6.08 Å². The molecule has 3 heterocycles. The van der Waals surface area contributed by atoms with Crippen molar-refractivity contribution in [2.24, 2.45) is 13.0 Å². The summed E-state index contributed by atoms with van der Waals surface area (Å²) in [5.41, 5.74) is 3.22. The zero-order valence-corrected chi connectivity index (χ0v) is 18.6. The molecule has 8 nitrogen and oxygen atoms in total. The molecule has 1 saturated heterocycles. The van der Waals surface area contributed by atoms with Gasteiger partial charge in [0.1, 0.15) is 0 Å². The highest BCUT2D eigenvalue weighted by Gasteiger charge is 2.38. The normalized spacial score (nSPS) is 21.2. The third kappa shape index (κ3) is 6.80. The van der Waals surface area contributed by atoms with Crippen LogP contribution in [0.3, 0.4) is 0 Å². The Labute approximate surface area is 190 Å². The Hall–Kier alpha value is -2.40. The largest absolute Gasteiger partial charge is 0.490 e. The Morgan fingerprint density at radius 2 is 1.97 bits per heavy atom. The first kappa shape index (κ1) is 25.2. The van der Waals surface area contributed by atoms with Crippen molar-refractivity contribution in [3.05, 3.63) is 29.4 Å². The van der Waals surface area contributed by atoms with Crippen molar-refractivity contribution in [2.45, 2.75) is 50.7 Å². The number of rotatable bonds is 5. The Bertz CT molecular complexity index is 862. The van der Waals surface area contributed by atoms with Gasteiger partial charge in [0.2, 0.25) is 5.91 Å². The van der Waals surface area contributed by atoms with E-state index in [-0.39, 0.29) is 11.8 Å². The van der Waals surface area contributed by atoms with Crippen LogP contribution in [0.2, 0.25) is 0 Å². The smallest absolute Gasteiger partial charge is 0.475 e. The van der Waals surface area contributed by atoms with Gasteiger partial charge in [-0.05, 0) is 38.0 Å². The van der Waals surface area contributed by atoms with Gasteiger partial charge in [0.25, 0.3) is 0 Å². The Balaban J connectivity index is 0.000000383. The molecule has 2 aliphatic heterocycles. The average molecular weight is 473 g/mol. The first-order valence-corrected chi connectivity index (χ1v) is 11.1. The van der Waals surface area contributed by atoms with E-state index < -0.39 is 12.1 Å². The van der Waals surface area contributed by atoms with Crippen LogP contribution in [0.15, 0.2) is 18.0 Å². The number of amides is 1. The molecule has 11 heteroatoms. The van der Waals surface area contributed by atoms with Gasteiger partial charge in [-0.2, -0.15) is 13.2 Å². The summed E-state index contributed by atoms with van der Waals surface area (Å²) in [6, 6.07) is 0. The molecular weight excluding hydrogens is 443 g/mol. The van der Waals surface area contributed by atoms with Crippen LogP contribution in [-0.4, -0.2) is 70.6 Å². The second kappa shape index (κ2) is 11.1. The number of aryl methyl sites for hydroxylation is 1. The number of carboxylic acids is 1. The quantitative estimate of drug-likeness (QED) is 0.707. The maximum atomic E-state index is 12.9. The monoisotopic (exact) mass is 473 g/mol. The Morgan fingerprint density at radius 3 is 2.58 bits per heavy atom. The number of allylic oxidation sites excluding steroid dienone is 1. The number of hydrogen-bond donors (Lipinski definition) is 1. The maximum Gasteiger partial charge on any atom is 0.490 e. The van der Waals surface area contributed by atoms with E-state index in [4.69, 9.17) is 19.4 Å². The highest BCUT2D eigenvalue weighted by Crippen LogP contribution is 2.30. The van der Waals surface area contributed by atoms with E-state index in [1.54, 1.807) is 0 Å². The molecule has 33 heavy (non-hydrogen) atoms. The second-order valence-corrected chi connectivity index (χ2v) is 8.59. The average Bonchev–Trinajstić information content (AvgIpc) is 3.44. The molecule has 0 radical (unpaired) electrons. The second-order valence-electron chi connectivity index (χ2n) is 8.59. The molecule has 1 fully saturated rings. The molecular formula is C22H30F3N3O5. The number of hydrogen-bond acceptors (Lipinski definition) is 5. The van der Waals surface area contributed by atoms with E-state index in [0.717, 1.165) is 69.7 Å². The van der Waals surface area contributed by atoms with Gasteiger partial charge in [0.05, 0.1) is 25.2 Å². The van der Waals surface area contributed by atoms with Gasteiger partial charge in [-0.25, -0.2) is 9.78 Å². The van der Waals surface area contributed by atoms with Crippen LogP contribution < -0.4 is 0 Å². The van der Waals surface area contributed by atoms with Crippen LogP contribution in [0, 0.1) is 5.92 Å². The van der Waals surface area contributed by atoms with Crippen molar-refractivity contribution in [3.63, 3.8) is 0 Å². The minimum absolute atomic E-state index is 0.188. The number of nitrogens with zero attached hydrogens (tertiary/aromatic N) is 3. The van der Waals surface area contributed by atoms with Gasteiger partial charge in [-0.15, -0.1) is 0 Å². The molecule has 1 atom stereocenters. The Kier molecular flexibility index (Phi) is 8.52. The third-order valence-corrected chi connectivity index (χ3v) is 6.09. The number of carbonyl (C=O) groups is 2. The minimum atomic E-state index is -5.08. The SMILES string of the molecule is Cn1cnc2c1C(COCC1CCOCC1)CN(C(=O)C1=CCCC1)C2.O=C(O)C(F)(F)F. The lowest BCUT2D eigenvalue weighted by Crippen LogP contribution is -2.41. The van der Waals surface area contributed by atoms with E-state index in [0.29, 0.717) is 19.1 Å². The van der Waals surface area contributed by atoms with Crippen LogP contribution >= 0.6 is 0 Å². The molecule has 0 bridgehead atoms. The van der Waals surface area contributed by atoms with Crippen LogP contribution in [0.4, 0.5) is 13.2 Å². The summed E-state index contributed by atoms with van der Waals surface area (Å²) in [7, 11) is 2.04. The number of aliphatic carboxylic acids is 1. The molecule has 4 rings (SSSR count). The van der Waals surface area contributed by atoms with Crippen LogP contribution in [0.5, 0.6) is 0 Å². The van der Waals surface area contributed by atoms with Crippen molar-refractivity contribution in [1.29, 1.82) is 0 Å². The van der Waals surface area contributed by atoms with E-state index >= 15 is 0 Å². The van der Waals surface area contributed by atoms with E-state index in [1.165, 1.54) is 5.69 Å². The first-order chi connectivity index (χ1) is 15.7. The summed E-state index contributed by atoms with van der Waals surface area (Å²) >= 11 is 0. The fourth-order valence-corrected chi connectivity index (χ4v) is 4.38. The van der Waals surface area contributed by atoms with Crippen molar-refractivity contribution >= 4 is 11.9 Å².